The second-order valence-corrected chi connectivity index (χ2v) is 6.27. The first-order chi connectivity index (χ1) is 11.1. The first-order valence-corrected chi connectivity index (χ1v) is 8.51. The molecule has 1 aromatic rings. The van der Waals surface area contributed by atoms with Crippen LogP contribution in [0.25, 0.3) is 0 Å². The van der Waals surface area contributed by atoms with E-state index in [4.69, 9.17) is 4.74 Å². The lowest BCUT2D eigenvalue weighted by Crippen LogP contribution is -2.47. The molecule has 0 saturated heterocycles. The van der Waals surface area contributed by atoms with Gasteiger partial charge in [0.1, 0.15) is 0 Å². The van der Waals surface area contributed by atoms with E-state index in [9.17, 15) is 9.90 Å². The molecule has 0 heterocycles. The van der Waals surface area contributed by atoms with Crippen LogP contribution in [0.15, 0.2) is 24.3 Å². The zero-order valence-corrected chi connectivity index (χ0v) is 13.9. The average Bonchev–Trinajstić information content (AvgIpc) is 2.58. The Labute approximate surface area is 138 Å². The van der Waals surface area contributed by atoms with Crippen LogP contribution >= 0.6 is 0 Å². The van der Waals surface area contributed by atoms with Crippen LogP contribution in [-0.4, -0.2) is 29.9 Å². The van der Waals surface area contributed by atoms with Gasteiger partial charge in [-0.2, -0.15) is 0 Å². The van der Waals surface area contributed by atoms with E-state index >= 15 is 0 Å². The van der Waals surface area contributed by atoms with Crippen molar-refractivity contribution >= 4 is 6.03 Å². The van der Waals surface area contributed by atoms with E-state index < -0.39 is 5.60 Å². The van der Waals surface area contributed by atoms with Gasteiger partial charge < -0.3 is 20.5 Å². The van der Waals surface area contributed by atoms with Gasteiger partial charge in [0.2, 0.25) is 0 Å². The Bertz CT molecular complexity index is 482. The standard InChI is InChI=1S/C18H28N2O3/c1-2-23-13-16-8-6-15(7-9-16)12-19-17(21)20-14-18(22)10-4-3-5-11-18/h6-9,22H,2-5,10-14H2,1H3,(H2,19,20,21). The lowest BCUT2D eigenvalue weighted by atomic mass is 9.85. The molecule has 0 bridgehead atoms. The highest BCUT2D eigenvalue weighted by Gasteiger charge is 2.29. The number of carbonyl (C=O) groups excluding carboxylic acids is 1. The molecule has 0 atom stereocenters. The van der Waals surface area contributed by atoms with Crippen molar-refractivity contribution in [2.75, 3.05) is 13.2 Å². The fourth-order valence-electron chi connectivity index (χ4n) is 2.85. The Morgan fingerprint density at radius 2 is 1.78 bits per heavy atom. The van der Waals surface area contributed by atoms with Gasteiger partial charge in [-0.25, -0.2) is 4.79 Å². The van der Waals surface area contributed by atoms with E-state index in [1.54, 1.807) is 0 Å². The molecule has 1 aliphatic rings. The predicted molar refractivity (Wildman–Crippen MR) is 90.0 cm³/mol. The SMILES string of the molecule is CCOCc1ccc(CNC(=O)NCC2(O)CCCCC2)cc1. The summed E-state index contributed by atoms with van der Waals surface area (Å²) in [5.74, 6) is 0. The highest BCUT2D eigenvalue weighted by atomic mass is 16.5. The minimum atomic E-state index is -0.726. The van der Waals surface area contributed by atoms with Crippen molar-refractivity contribution in [3.63, 3.8) is 0 Å². The molecular weight excluding hydrogens is 292 g/mol. The average molecular weight is 320 g/mol. The molecule has 1 fully saturated rings. The fourth-order valence-corrected chi connectivity index (χ4v) is 2.85. The molecule has 3 N–H and O–H groups in total. The lowest BCUT2D eigenvalue weighted by Gasteiger charge is -2.32. The third-order valence-corrected chi connectivity index (χ3v) is 4.31. The molecule has 1 aromatic carbocycles. The number of carbonyl (C=O) groups is 1. The number of nitrogens with one attached hydrogen (secondary N) is 2. The third-order valence-electron chi connectivity index (χ3n) is 4.31. The van der Waals surface area contributed by atoms with Gasteiger partial charge in [0.15, 0.2) is 0 Å². The molecule has 5 nitrogen and oxygen atoms in total. The minimum absolute atomic E-state index is 0.234. The summed E-state index contributed by atoms with van der Waals surface area (Å²) in [5.41, 5.74) is 1.44. The maximum absolute atomic E-state index is 11.9. The third kappa shape index (κ3) is 6.20. The molecule has 0 aromatic heterocycles. The summed E-state index contributed by atoms with van der Waals surface area (Å²) in [5, 5.41) is 16.0. The second kappa shape index (κ2) is 8.89. The van der Waals surface area contributed by atoms with Gasteiger partial charge in [-0.15, -0.1) is 0 Å². The molecule has 0 aliphatic heterocycles. The molecule has 2 rings (SSSR count). The minimum Gasteiger partial charge on any atom is -0.388 e. The van der Waals surface area contributed by atoms with E-state index in [1.165, 1.54) is 6.42 Å². The van der Waals surface area contributed by atoms with Crippen molar-refractivity contribution in [1.29, 1.82) is 0 Å². The van der Waals surface area contributed by atoms with E-state index in [1.807, 2.05) is 31.2 Å². The smallest absolute Gasteiger partial charge is 0.315 e. The molecule has 0 spiro atoms. The Hall–Kier alpha value is -1.59. The number of benzene rings is 1. The van der Waals surface area contributed by atoms with E-state index in [0.29, 0.717) is 26.3 Å². The number of aliphatic hydroxyl groups is 1. The molecule has 2 amide bonds. The Kier molecular flexibility index (Phi) is 6.86. The summed E-state index contributed by atoms with van der Waals surface area (Å²) in [7, 11) is 0. The topological polar surface area (TPSA) is 70.6 Å². The van der Waals surface area contributed by atoms with E-state index in [-0.39, 0.29) is 6.03 Å². The summed E-state index contributed by atoms with van der Waals surface area (Å²) in [6, 6.07) is 7.76. The van der Waals surface area contributed by atoms with Crippen LogP contribution < -0.4 is 10.6 Å². The van der Waals surface area contributed by atoms with Crippen molar-refractivity contribution in [3.8, 4) is 0 Å². The van der Waals surface area contributed by atoms with Crippen molar-refractivity contribution in [1.82, 2.24) is 10.6 Å². The molecular formula is C18H28N2O3. The first kappa shape index (κ1) is 17.8. The number of ether oxygens (including phenoxy) is 1. The predicted octanol–water partition coefficient (Wildman–Crippen LogP) is 2.72. The number of hydrogen-bond donors (Lipinski definition) is 3. The maximum Gasteiger partial charge on any atom is 0.315 e. The lowest BCUT2D eigenvalue weighted by molar-refractivity contribution is 0.00719. The quantitative estimate of drug-likeness (QED) is 0.723. The van der Waals surface area contributed by atoms with Gasteiger partial charge in [0, 0.05) is 19.7 Å². The van der Waals surface area contributed by atoms with Crippen LogP contribution in [0.2, 0.25) is 0 Å². The van der Waals surface area contributed by atoms with Gasteiger partial charge >= 0.3 is 6.03 Å². The van der Waals surface area contributed by atoms with Gasteiger partial charge in [-0.3, -0.25) is 0 Å². The van der Waals surface area contributed by atoms with Gasteiger partial charge in [-0.05, 0) is 30.9 Å². The number of urea groups is 1. The van der Waals surface area contributed by atoms with Crippen molar-refractivity contribution < 1.29 is 14.6 Å². The Morgan fingerprint density at radius 1 is 1.13 bits per heavy atom. The second-order valence-electron chi connectivity index (χ2n) is 6.27. The number of rotatable bonds is 7. The van der Waals surface area contributed by atoms with Crippen LogP contribution in [0, 0.1) is 0 Å². The number of hydrogen-bond acceptors (Lipinski definition) is 3. The van der Waals surface area contributed by atoms with Crippen LogP contribution in [0.1, 0.15) is 50.2 Å². The number of amides is 2. The van der Waals surface area contributed by atoms with Crippen LogP contribution in [0.5, 0.6) is 0 Å². The highest BCUT2D eigenvalue weighted by Crippen LogP contribution is 2.27. The van der Waals surface area contributed by atoms with Crippen LogP contribution in [0.3, 0.4) is 0 Å². The zero-order valence-electron chi connectivity index (χ0n) is 13.9. The normalized spacial score (nSPS) is 16.8. The molecule has 23 heavy (non-hydrogen) atoms. The zero-order chi connectivity index (χ0) is 16.5. The van der Waals surface area contributed by atoms with Crippen molar-refractivity contribution in [2.24, 2.45) is 0 Å². The van der Waals surface area contributed by atoms with Gasteiger partial charge in [0.05, 0.1) is 12.2 Å². The monoisotopic (exact) mass is 320 g/mol. The van der Waals surface area contributed by atoms with Crippen LogP contribution in [0.4, 0.5) is 4.79 Å². The molecule has 128 valence electrons. The fraction of sp³-hybridized carbons (Fsp3) is 0.611. The Balaban J connectivity index is 1.69. The van der Waals surface area contributed by atoms with E-state index in [0.717, 1.165) is 36.8 Å². The highest BCUT2D eigenvalue weighted by molar-refractivity contribution is 5.73. The van der Waals surface area contributed by atoms with Gasteiger partial charge in [0.25, 0.3) is 0 Å². The first-order valence-electron chi connectivity index (χ1n) is 8.51. The van der Waals surface area contributed by atoms with Crippen molar-refractivity contribution in [3.05, 3.63) is 35.4 Å². The van der Waals surface area contributed by atoms with Crippen LogP contribution in [-0.2, 0) is 17.9 Å². The van der Waals surface area contributed by atoms with Gasteiger partial charge in [-0.1, -0.05) is 43.5 Å². The molecule has 1 saturated carbocycles. The molecule has 0 unspecified atom stereocenters. The molecule has 5 heteroatoms. The Morgan fingerprint density at radius 3 is 2.43 bits per heavy atom. The summed E-state index contributed by atoms with van der Waals surface area (Å²) in [4.78, 5) is 11.9. The van der Waals surface area contributed by atoms with E-state index in [2.05, 4.69) is 10.6 Å². The molecule has 0 radical (unpaired) electrons. The summed E-state index contributed by atoms with van der Waals surface area (Å²) < 4.78 is 5.35. The van der Waals surface area contributed by atoms with Crippen molar-refractivity contribution in [2.45, 2.75) is 57.8 Å². The summed E-state index contributed by atoms with van der Waals surface area (Å²) >= 11 is 0. The largest absolute Gasteiger partial charge is 0.388 e. The summed E-state index contributed by atoms with van der Waals surface area (Å²) in [6.45, 7) is 4.09. The summed E-state index contributed by atoms with van der Waals surface area (Å²) in [6.07, 6.45) is 4.79. The molecule has 1 aliphatic carbocycles. The maximum atomic E-state index is 11.9.